The fraction of sp³-hybridized carbons (Fsp3) is 0.500. The highest BCUT2D eigenvalue weighted by Gasteiger charge is 2.26. The number of carbonyl (C=O) groups is 1. The molecule has 7 heteroatoms. The quantitative estimate of drug-likeness (QED) is 0.673. The molecule has 0 N–H and O–H groups in total. The molecule has 1 aliphatic rings. The van der Waals surface area contributed by atoms with E-state index in [1.807, 2.05) is 24.3 Å². The van der Waals surface area contributed by atoms with Gasteiger partial charge < -0.3 is 9.30 Å². The highest BCUT2D eigenvalue weighted by Crippen LogP contribution is 2.34. The van der Waals surface area contributed by atoms with Gasteiger partial charge >= 0.3 is 0 Å². The largest absolute Gasteiger partial charge is 0.385 e. The first kappa shape index (κ1) is 18.4. The molecule has 1 fully saturated rings. The van der Waals surface area contributed by atoms with Crippen LogP contribution >= 0.6 is 23.4 Å². The number of Topliss-reactive ketones (excluding diaryl/α,β-unsaturated/α-hetero) is 1. The molecular weight excluding hydrogens is 358 g/mol. The summed E-state index contributed by atoms with van der Waals surface area (Å²) < 4.78 is 7.24. The van der Waals surface area contributed by atoms with Crippen LogP contribution in [0.4, 0.5) is 0 Å². The number of halogens is 1. The monoisotopic (exact) mass is 379 g/mol. The molecule has 1 unspecified atom stereocenters. The van der Waals surface area contributed by atoms with Crippen molar-refractivity contribution in [3.63, 3.8) is 0 Å². The van der Waals surface area contributed by atoms with E-state index in [1.54, 1.807) is 7.11 Å². The predicted molar refractivity (Wildman–Crippen MR) is 100 cm³/mol. The summed E-state index contributed by atoms with van der Waals surface area (Å²) in [5.74, 6) is 1.06. The number of carbonyl (C=O) groups excluding carboxylic acids is 1. The number of ether oxygens (including phenoxy) is 1. The van der Waals surface area contributed by atoms with Crippen LogP contribution in [0.15, 0.2) is 29.4 Å². The number of thioether (sulfide) groups is 1. The Kier molecular flexibility index (Phi) is 6.51. The van der Waals surface area contributed by atoms with Gasteiger partial charge in [-0.05, 0) is 31.4 Å². The van der Waals surface area contributed by atoms with Gasteiger partial charge in [-0.2, -0.15) is 0 Å². The minimum atomic E-state index is -0.0155. The van der Waals surface area contributed by atoms with Crippen molar-refractivity contribution in [2.45, 2.75) is 49.1 Å². The van der Waals surface area contributed by atoms with E-state index in [4.69, 9.17) is 16.3 Å². The van der Waals surface area contributed by atoms with Gasteiger partial charge in [-0.15, -0.1) is 10.2 Å². The normalized spacial score (nSPS) is 17.8. The van der Waals surface area contributed by atoms with Crippen LogP contribution in [-0.2, 0) is 16.1 Å². The zero-order valence-corrected chi connectivity index (χ0v) is 15.9. The number of benzene rings is 1. The summed E-state index contributed by atoms with van der Waals surface area (Å²) in [4.78, 5) is 12.2. The molecular formula is C18H22ClN3O2S. The maximum Gasteiger partial charge on any atom is 0.192 e. The summed E-state index contributed by atoms with van der Waals surface area (Å²) in [5.41, 5.74) is 0.857. The van der Waals surface area contributed by atoms with Gasteiger partial charge in [0, 0.05) is 32.2 Å². The SMILES string of the molecule is COCCCn1c(SC2CCCCC2=O)nnc1-c1ccccc1Cl. The lowest BCUT2D eigenvalue weighted by atomic mass is 9.99. The summed E-state index contributed by atoms with van der Waals surface area (Å²) in [7, 11) is 1.69. The summed E-state index contributed by atoms with van der Waals surface area (Å²) in [6.07, 6.45) is 4.53. The van der Waals surface area contributed by atoms with Crippen LogP contribution < -0.4 is 0 Å². The predicted octanol–water partition coefficient (Wildman–Crippen LogP) is 4.24. The molecule has 134 valence electrons. The summed E-state index contributed by atoms with van der Waals surface area (Å²) >= 11 is 7.88. The molecule has 0 amide bonds. The fourth-order valence-electron chi connectivity index (χ4n) is 2.99. The highest BCUT2D eigenvalue weighted by molar-refractivity contribution is 8.00. The lowest BCUT2D eigenvalue weighted by Gasteiger charge is -2.20. The Bertz CT molecular complexity index is 735. The molecule has 0 saturated heterocycles. The van der Waals surface area contributed by atoms with Crippen LogP contribution in [0.3, 0.4) is 0 Å². The van der Waals surface area contributed by atoms with Crippen molar-refractivity contribution in [3.8, 4) is 11.4 Å². The first-order valence-electron chi connectivity index (χ1n) is 8.57. The number of nitrogens with zero attached hydrogens (tertiary/aromatic N) is 3. The third kappa shape index (κ3) is 4.43. The van der Waals surface area contributed by atoms with E-state index in [-0.39, 0.29) is 5.25 Å². The standard InChI is InChI=1S/C18H22ClN3O2S/c1-24-12-6-11-22-17(13-7-2-3-8-14(13)19)20-21-18(22)25-16-10-5-4-9-15(16)23/h2-3,7-8,16H,4-6,9-12H2,1H3. The first-order chi connectivity index (χ1) is 12.2. The maximum atomic E-state index is 12.2. The van der Waals surface area contributed by atoms with E-state index in [0.717, 1.165) is 48.8 Å². The van der Waals surface area contributed by atoms with Gasteiger partial charge in [0.1, 0.15) is 5.78 Å². The van der Waals surface area contributed by atoms with Gasteiger partial charge in [-0.1, -0.05) is 41.9 Å². The van der Waals surface area contributed by atoms with E-state index >= 15 is 0 Å². The lowest BCUT2D eigenvalue weighted by Crippen LogP contribution is -2.22. The minimum absolute atomic E-state index is 0.0155. The van der Waals surface area contributed by atoms with Gasteiger partial charge in [0.2, 0.25) is 0 Å². The molecule has 0 radical (unpaired) electrons. The summed E-state index contributed by atoms with van der Waals surface area (Å²) in [6, 6.07) is 7.63. The van der Waals surface area contributed by atoms with Crippen molar-refractivity contribution in [2.24, 2.45) is 0 Å². The number of ketones is 1. The molecule has 1 aromatic heterocycles. The zero-order chi connectivity index (χ0) is 17.6. The molecule has 1 aliphatic carbocycles. The molecule has 3 rings (SSSR count). The minimum Gasteiger partial charge on any atom is -0.385 e. The first-order valence-corrected chi connectivity index (χ1v) is 9.83. The smallest absolute Gasteiger partial charge is 0.192 e. The Hall–Kier alpha value is -1.37. The molecule has 0 spiro atoms. The van der Waals surface area contributed by atoms with E-state index in [1.165, 1.54) is 11.8 Å². The van der Waals surface area contributed by atoms with Gasteiger partial charge in [0.25, 0.3) is 0 Å². The third-order valence-corrected chi connectivity index (χ3v) is 5.93. The van der Waals surface area contributed by atoms with Crippen LogP contribution in [0.25, 0.3) is 11.4 Å². The second kappa shape index (κ2) is 8.83. The Balaban J connectivity index is 1.89. The average molecular weight is 380 g/mol. The van der Waals surface area contributed by atoms with Crippen LogP contribution in [-0.4, -0.2) is 39.5 Å². The topological polar surface area (TPSA) is 57.0 Å². The Morgan fingerprint density at radius 3 is 2.92 bits per heavy atom. The van der Waals surface area contributed by atoms with Crippen molar-refractivity contribution in [1.82, 2.24) is 14.8 Å². The van der Waals surface area contributed by atoms with Crippen LogP contribution in [0, 0.1) is 0 Å². The average Bonchev–Trinajstić information content (AvgIpc) is 3.00. The number of aromatic nitrogens is 3. The summed E-state index contributed by atoms with van der Waals surface area (Å²) in [5, 5.41) is 10.2. The van der Waals surface area contributed by atoms with Gasteiger partial charge in [0.05, 0.1) is 10.3 Å². The van der Waals surface area contributed by atoms with E-state index in [0.29, 0.717) is 23.8 Å². The van der Waals surface area contributed by atoms with Crippen molar-refractivity contribution >= 4 is 29.1 Å². The fourth-order valence-corrected chi connectivity index (χ4v) is 4.39. The van der Waals surface area contributed by atoms with Crippen molar-refractivity contribution in [3.05, 3.63) is 29.3 Å². The molecule has 5 nitrogen and oxygen atoms in total. The Labute approximate surface area is 157 Å². The molecule has 0 aliphatic heterocycles. The van der Waals surface area contributed by atoms with E-state index in [9.17, 15) is 4.79 Å². The van der Waals surface area contributed by atoms with Crippen LogP contribution in [0.1, 0.15) is 32.1 Å². The number of hydrogen-bond donors (Lipinski definition) is 0. The molecule has 1 aromatic carbocycles. The summed E-state index contributed by atoms with van der Waals surface area (Å²) in [6.45, 7) is 1.39. The molecule has 1 saturated carbocycles. The molecule has 1 heterocycles. The van der Waals surface area contributed by atoms with Crippen molar-refractivity contribution in [1.29, 1.82) is 0 Å². The van der Waals surface area contributed by atoms with Gasteiger partial charge in [-0.3, -0.25) is 4.79 Å². The highest BCUT2D eigenvalue weighted by atomic mass is 35.5. The van der Waals surface area contributed by atoms with E-state index in [2.05, 4.69) is 14.8 Å². The number of methoxy groups -OCH3 is 1. The molecule has 2 aromatic rings. The maximum absolute atomic E-state index is 12.2. The zero-order valence-electron chi connectivity index (χ0n) is 14.3. The Morgan fingerprint density at radius 1 is 1.32 bits per heavy atom. The number of hydrogen-bond acceptors (Lipinski definition) is 5. The van der Waals surface area contributed by atoms with Gasteiger partial charge in [-0.25, -0.2) is 0 Å². The molecule has 25 heavy (non-hydrogen) atoms. The second-order valence-corrected chi connectivity index (χ2v) is 7.68. The molecule has 1 atom stereocenters. The van der Waals surface area contributed by atoms with Crippen LogP contribution in [0.5, 0.6) is 0 Å². The van der Waals surface area contributed by atoms with Crippen molar-refractivity contribution in [2.75, 3.05) is 13.7 Å². The third-order valence-electron chi connectivity index (χ3n) is 4.31. The molecule has 0 bridgehead atoms. The number of rotatable bonds is 7. The Morgan fingerprint density at radius 2 is 2.16 bits per heavy atom. The van der Waals surface area contributed by atoms with Crippen molar-refractivity contribution < 1.29 is 9.53 Å². The van der Waals surface area contributed by atoms with E-state index < -0.39 is 0 Å². The second-order valence-electron chi connectivity index (χ2n) is 6.10. The van der Waals surface area contributed by atoms with Gasteiger partial charge in [0.15, 0.2) is 11.0 Å². The van der Waals surface area contributed by atoms with Crippen LogP contribution in [0.2, 0.25) is 5.02 Å². The lowest BCUT2D eigenvalue weighted by molar-refractivity contribution is -0.119.